The van der Waals surface area contributed by atoms with Crippen molar-refractivity contribution in [2.24, 2.45) is 0 Å². The Morgan fingerprint density at radius 3 is 2.46 bits per heavy atom. The summed E-state index contributed by atoms with van der Waals surface area (Å²) >= 11 is 3.47. The molecule has 0 aliphatic carbocycles. The van der Waals surface area contributed by atoms with Crippen LogP contribution in [0.4, 0.5) is 11.9 Å². The van der Waals surface area contributed by atoms with Crippen molar-refractivity contribution < 1.29 is 13.2 Å². The van der Waals surface area contributed by atoms with Crippen molar-refractivity contribution in [3.8, 4) is 5.75 Å². The molecular formula is C25H22BrN5O3S. The third-order valence-electron chi connectivity index (χ3n) is 5.64. The summed E-state index contributed by atoms with van der Waals surface area (Å²) in [6.45, 7) is 1.90. The molecule has 2 N–H and O–H groups in total. The maximum absolute atomic E-state index is 12.9. The van der Waals surface area contributed by atoms with Gasteiger partial charge in [0.1, 0.15) is 11.8 Å². The molecule has 2 heterocycles. The van der Waals surface area contributed by atoms with Gasteiger partial charge in [-0.15, -0.1) is 5.10 Å². The number of allylic oxidation sites excluding steroid dienone is 1. The van der Waals surface area contributed by atoms with Crippen LogP contribution in [0.5, 0.6) is 5.75 Å². The number of aromatic nitrogens is 3. The molecule has 0 bridgehead atoms. The van der Waals surface area contributed by atoms with Gasteiger partial charge >= 0.3 is 0 Å². The van der Waals surface area contributed by atoms with E-state index in [0.29, 0.717) is 11.7 Å². The van der Waals surface area contributed by atoms with E-state index in [9.17, 15) is 8.42 Å². The van der Waals surface area contributed by atoms with Gasteiger partial charge < -0.3 is 10.1 Å². The van der Waals surface area contributed by atoms with E-state index in [1.54, 1.807) is 36.1 Å². The molecule has 0 amide bonds. The van der Waals surface area contributed by atoms with Crippen LogP contribution >= 0.6 is 15.9 Å². The van der Waals surface area contributed by atoms with Gasteiger partial charge in [-0.1, -0.05) is 64.0 Å². The first-order valence-corrected chi connectivity index (χ1v) is 13.1. The molecule has 0 saturated heterocycles. The lowest BCUT2D eigenvalue weighted by atomic mass is 10.0. The van der Waals surface area contributed by atoms with Crippen molar-refractivity contribution in [3.63, 3.8) is 0 Å². The Morgan fingerprint density at radius 1 is 1.03 bits per heavy atom. The van der Waals surface area contributed by atoms with E-state index in [0.717, 1.165) is 26.9 Å². The third kappa shape index (κ3) is 4.67. The summed E-state index contributed by atoms with van der Waals surface area (Å²) in [5.41, 5.74) is 3.60. The standard InChI is InChI=1S/C25H22BrN5O3S/c1-16-7-13-19(14-8-16)35(32,33)30-24-28-25-27-21(17-9-11-18(26)12-10-17)15-22(31(25)29-24)20-5-3-4-6-23(20)34-2/h3-15,22H,1-2H3,(H2,27,28,29,30)/t22-/m1/s1. The zero-order chi connectivity index (χ0) is 24.6. The van der Waals surface area contributed by atoms with Crippen LogP contribution in [0, 0.1) is 6.92 Å². The molecule has 1 atom stereocenters. The maximum Gasteiger partial charge on any atom is 0.264 e. The lowest BCUT2D eigenvalue weighted by Gasteiger charge is -2.25. The van der Waals surface area contributed by atoms with Crippen LogP contribution < -0.4 is 14.8 Å². The fraction of sp³-hybridized carbons (Fsp3) is 0.120. The van der Waals surface area contributed by atoms with E-state index in [1.165, 1.54) is 0 Å². The van der Waals surface area contributed by atoms with E-state index >= 15 is 0 Å². The van der Waals surface area contributed by atoms with Gasteiger partial charge in [-0.25, -0.2) is 17.8 Å². The Hall–Kier alpha value is -3.63. The van der Waals surface area contributed by atoms with Crippen LogP contribution in [0.15, 0.2) is 88.2 Å². The number of benzene rings is 3. The molecule has 5 rings (SSSR count). The molecule has 0 fully saturated rings. The molecule has 1 aliphatic heterocycles. The van der Waals surface area contributed by atoms with E-state index in [4.69, 9.17) is 4.74 Å². The molecule has 178 valence electrons. The molecule has 3 aromatic carbocycles. The Kier molecular flexibility index (Phi) is 6.08. The number of anilines is 2. The minimum Gasteiger partial charge on any atom is -0.496 e. The summed E-state index contributed by atoms with van der Waals surface area (Å²) < 4.78 is 36.6. The van der Waals surface area contributed by atoms with Crippen molar-refractivity contribution in [2.45, 2.75) is 17.9 Å². The summed E-state index contributed by atoms with van der Waals surface area (Å²) in [5, 5.41) is 7.78. The highest BCUT2D eigenvalue weighted by molar-refractivity contribution is 9.10. The lowest BCUT2D eigenvalue weighted by Crippen LogP contribution is -2.20. The smallest absolute Gasteiger partial charge is 0.264 e. The summed E-state index contributed by atoms with van der Waals surface area (Å²) in [7, 11) is -2.24. The number of para-hydroxylation sites is 1. The SMILES string of the molecule is COc1ccccc1[C@H]1C=C(c2ccc(Br)cc2)Nc2nc(NS(=O)(=O)c3ccc(C)cc3)nn21. The van der Waals surface area contributed by atoms with Gasteiger partial charge in [0.2, 0.25) is 5.95 Å². The molecule has 1 aromatic heterocycles. The first kappa shape index (κ1) is 23.1. The van der Waals surface area contributed by atoms with Gasteiger partial charge in [0, 0.05) is 15.7 Å². The predicted octanol–water partition coefficient (Wildman–Crippen LogP) is 5.21. The highest BCUT2D eigenvalue weighted by atomic mass is 79.9. The Bertz CT molecular complexity index is 1510. The molecule has 0 spiro atoms. The zero-order valence-corrected chi connectivity index (χ0v) is 21.3. The van der Waals surface area contributed by atoms with Crippen molar-refractivity contribution in [2.75, 3.05) is 17.1 Å². The summed E-state index contributed by atoms with van der Waals surface area (Å²) in [6.07, 6.45) is 2.01. The van der Waals surface area contributed by atoms with Crippen molar-refractivity contribution in [1.82, 2.24) is 14.8 Å². The van der Waals surface area contributed by atoms with Gasteiger partial charge in [0.05, 0.1) is 12.0 Å². The Morgan fingerprint density at radius 2 is 1.74 bits per heavy atom. The average molecular weight is 552 g/mol. The van der Waals surface area contributed by atoms with Crippen molar-refractivity contribution in [1.29, 1.82) is 0 Å². The topological polar surface area (TPSA) is 98.1 Å². The second kappa shape index (κ2) is 9.20. The fourth-order valence-electron chi connectivity index (χ4n) is 3.86. The molecule has 35 heavy (non-hydrogen) atoms. The predicted molar refractivity (Wildman–Crippen MR) is 139 cm³/mol. The van der Waals surface area contributed by atoms with E-state index < -0.39 is 10.0 Å². The maximum atomic E-state index is 12.9. The number of nitrogens with one attached hydrogen (secondary N) is 2. The van der Waals surface area contributed by atoms with Crippen molar-refractivity contribution >= 4 is 43.5 Å². The molecule has 0 saturated carbocycles. The van der Waals surface area contributed by atoms with Crippen LogP contribution in [0.25, 0.3) is 5.70 Å². The highest BCUT2D eigenvalue weighted by Gasteiger charge is 2.28. The van der Waals surface area contributed by atoms with Crippen molar-refractivity contribution in [3.05, 3.63) is 100 Å². The summed E-state index contributed by atoms with van der Waals surface area (Å²) in [5.74, 6) is 1.07. The van der Waals surface area contributed by atoms with Crippen LogP contribution in [0.2, 0.25) is 0 Å². The minimum absolute atomic E-state index is 0.0292. The number of fused-ring (bicyclic) bond motifs is 1. The number of halogens is 1. The average Bonchev–Trinajstić information content (AvgIpc) is 3.25. The number of rotatable bonds is 6. The number of aryl methyl sites for hydroxylation is 1. The quantitative estimate of drug-likeness (QED) is 0.341. The number of methoxy groups -OCH3 is 1. The van der Waals surface area contributed by atoms with Crippen LogP contribution in [-0.2, 0) is 10.0 Å². The Balaban J connectivity index is 1.56. The monoisotopic (exact) mass is 551 g/mol. The normalized spacial score (nSPS) is 15.1. The van der Waals surface area contributed by atoms with Gasteiger partial charge in [-0.2, -0.15) is 4.98 Å². The molecule has 10 heteroatoms. The molecule has 0 radical (unpaired) electrons. The summed E-state index contributed by atoms with van der Waals surface area (Å²) in [6, 6.07) is 21.7. The minimum atomic E-state index is -3.86. The van der Waals surface area contributed by atoms with E-state index in [2.05, 4.69) is 36.1 Å². The molecule has 1 aliphatic rings. The molecular weight excluding hydrogens is 530 g/mol. The van der Waals surface area contributed by atoms with E-state index in [-0.39, 0.29) is 16.9 Å². The van der Waals surface area contributed by atoms with Gasteiger partial charge in [-0.3, -0.25) is 0 Å². The Labute approximate surface area is 211 Å². The van der Waals surface area contributed by atoms with Gasteiger partial charge in [0.15, 0.2) is 0 Å². The van der Waals surface area contributed by atoms with Crippen LogP contribution in [0.1, 0.15) is 22.7 Å². The number of hydrogen-bond acceptors (Lipinski definition) is 6. The number of hydrogen-bond donors (Lipinski definition) is 2. The summed E-state index contributed by atoms with van der Waals surface area (Å²) in [4.78, 5) is 4.60. The molecule has 0 unspecified atom stereocenters. The number of ether oxygens (including phenoxy) is 1. The second-order valence-corrected chi connectivity index (χ2v) is 10.6. The largest absolute Gasteiger partial charge is 0.496 e. The van der Waals surface area contributed by atoms with Crippen LogP contribution in [-0.4, -0.2) is 30.3 Å². The van der Waals surface area contributed by atoms with Crippen LogP contribution in [0.3, 0.4) is 0 Å². The van der Waals surface area contributed by atoms with Gasteiger partial charge in [-0.05, 0) is 48.9 Å². The van der Waals surface area contributed by atoms with Gasteiger partial charge in [0.25, 0.3) is 16.0 Å². The number of nitrogens with zero attached hydrogens (tertiary/aromatic N) is 3. The zero-order valence-electron chi connectivity index (χ0n) is 18.9. The molecule has 4 aromatic rings. The number of sulfonamides is 1. The first-order valence-electron chi connectivity index (χ1n) is 10.8. The van der Waals surface area contributed by atoms with E-state index in [1.807, 2.05) is 61.5 Å². The second-order valence-electron chi connectivity index (χ2n) is 8.02. The first-order chi connectivity index (χ1) is 16.8. The lowest BCUT2D eigenvalue weighted by molar-refractivity contribution is 0.404. The highest BCUT2D eigenvalue weighted by Crippen LogP contribution is 2.37. The molecule has 8 nitrogen and oxygen atoms in total. The third-order valence-corrected chi connectivity index (χ3v) is 7.51. The fourth-order valence-corrected chi connectivity index (χ4v) is 5.07.